The molecule has 2 aromatic carbocycles. The summed E-state index contributed by atoms with van der Waals surface area (Å²) in [6.45, 7) is 5.17. The van der Waals surface area contributed by atoms with Crippen LogP contribution in [0.15, 0.2) is 54.7 Å². The molecule has 142 valence electrons. The van der Waals surface area contributed by atoms with E-state index in [9.17, 15) is 4.79 Å². The Morgan fingerprint density at radius 1 is 1.04 bits per heavy atom. The van der Waals surface area contributed by atoms with Gasteiger partial charge in [0.2, 0.25) is 5.91 Å². The standard InChI is InChI=1S/C23H28N2O2/c1-17(2)27-16-20-9-4-3-8-18(20)14-25-23(26)13-7-10-19-15-24-22-12-6-5-11-21(19)22/h3-6,8-9,11-12,15,17,24H,7,10,13-14,16H2,1-2H3,(H,25,26). The molecule has 1 amide bonds. The van der Waals surface area contributed by atoms with Gasteiger partial charge < -0.3 is 15.0 Å². The van der Waals surface area contributed by atoms with Crippen LogP contribution in [-0.2, 0) is 29.1 Å². The molecule has 0 aliphatic heterocycles. The predicted molar refractivity (Wildman–Crippen MR) is 109 cm³/mol. The van der Waals surface area contributed by atoms with E-state index in [0.717, 1.165) is 29.5 Å². The fourth-order valence-electron chi connectivity index (χ4n) is 3.19. The second-order valence-electron chi connectivity index (χ2n) is 7.12. The number of para-hydroxylation sites is 1. The topological polar surface area (TPSA) is 54.1 Å². The van der Waals surface area contributed by atoms with Crippen molar-refractivity contribution >= 4 is 16.8 Å². The third kappa shape index (κ3) is 5.44. The zero-order valence-electron chi connectivity index (χ0n) is 16.1. The van der Waals surface area contributed by atoms with Crippen LogP contribution in [0.25, 0.3) is 10.9 Å². The second-order valence-corrected chi connectivity index (χ2v) is 7.12. The lowest BCUT2D eigenvalue weighted by atomic mass is 10.1. The van der Waals surface area contributed by atoms with E-state index in [-0.39, 0.29) is 12.0 Å². The minimum Gasteiger partial charge on any atom is -0.374 e. The minimum atomic E-state index is 0.0921. The molecule has 0 bridgehead atoms. The molecule has 0 atom stereocenters. The Morgan fingerprint density at radius 2 is 1.78 bits per heavy atom. The van der Waals surface area contributed by atoms with E-state index in [1.165, 1.54) is 10.9 Å². The van der Waals surface area contributed by atoms with Gasteiger partial charge >= 0.3 is 0 Å². The highest BCUT2D eigenvalue weighted by molar-refractivity contribution is 5.83. The van der Waals surface area contributed by atoms with Gasteiger partial charge in [0.1, 0.15) is 0 Å². The van der Waals surface area contributed by atoms with Crippen LogP contribution in [-0.4, -0.2) is 17.0 Å². The van der Waals surface area contributed by atoms with Gasteiger partial charge in [-0.05, 0) is 49.4 Å². The van der Waals surface area contributed by atoms with Gasteiger partial charge in [-0.2, -0.15) is 0 Å². The zero-order valence-corrected chi connectivity index (χ0v) is 16.1. The number of carbonyl (C=O) groups excluding carboxylic acids is 1. The first-order valence-electron chi connectivity index (χ1n) is 9.63. The summed E-state index contributed by atoms with van der Waals surface area (Å²) in [4.78, 5) is 15.5. The van der Waals surface area contributed by atoms with Crippen LogP contribution < -0.4 is 5.32 Å². The highest BCUT2D eigenvalue weighted by atomic mass is 16.5. The third-order valence-electron chi connectivity index (χ3n) is 4.69. The van der Waals surface area contributed by atoms with Crippen LogP contribution in [0.1, 0.15) is 43.4 Å². The molecule has 0 aliphatic rings. The van der Waals surface area contributed by atoms with Crippen molar-refractivity contribution in [1.29, 1.82) is 0 Å². The molecule has 4 heteroatoms. The maximum absolute atomic E-state index is 12.2. The average Bonchev–Trinajstić information content (AvgIpc) is 3.08. The summed E-state index contributed by atoms with van der Waals surface area (Å²) in [6.07, 6.45) is 4.51. The Morgan fingerprint density at radius 3 is 2.59 bits per heavy atom. The van der Waals surface area contributed by atoms with Crippen molar-refractivity contribution in [3.63, 3.8) is 0 Å². The van der Waals surface area contributed by atoms with Crippen molar-refractivity contribution in [2.24, 2.45) is 0 Å². The Labute approximate surface area is 160 Å². The van der Waals surface area contributed by atoms with E-state index < -0.39 is 0 Å². The molecule has 0 spiro atoms. The number of carbonyl (C=O) groups is 1. The van der Waals surface area contributed by atoms with Crippen molar-refractivity contribution in [3.8, 4) is 0 Å². The molecule has 0 fully saturated rings. The van der Waals surface area contributed by atoms with Crippen LogP contribution in [0.3, 0.4) is 0 Å². The highest BCUT2D eigenvalue weighted by Crippen LogP contribution is 2.19. The first kappa shape index (κ1) is 19.2. The molecule has 0 radical (unpaired) electrons. The monoisotopic (exact) mass is 364 g/mol. The van der Waals surface area contributed by atoms with Crippen molar-refractivity contribution in [3.05, 3.63) is 71.4 Å². The van der Waals surface area contributed by atoms with Crippen molar-refractivity contribution in [2.45, 2.75) is 52.4 Å². The third-order valence-corrected chi connectivity index (χ3v) is 4.69. The second kappa shape index (κ2) is 9.38. The quantitative estimate of drug-likeness (QED) is 0.577. The number of aromatic amines is 1. The van der Waals surface area contributed by atoms with E-state index in [1.807, 2.05) is 50.4 Å². The van der Waals surface area contributed by atoms with Gasteiger partial charge in [-0.3, -0.25) is 4.79 Å². The number of hydrogen-bond donors (Lipinski definition) is 2. The molecule has 1 aromatic heterocycles. The number of fused-ring (bicyclic) bond motifs is 1. The highest BCUT2D eigenvalue weighted by Gasteiger charge is 2.07. The smallest absolute Gasteiger partial charge is 0.220 e. The van der Waals surface area contributed by atoms with Crippen LogP contribution in [0.4, 0.5) is 0 Å². The lowest BCUT2D eigenvalue weighted by Crippen LogP contribution is -2.23. The van der Waals surface area contributed by atoms with Crippen molar-refractivity contribution < 1.29 is 9.53 Å². The van der Waals surface area contributed by atoms with E-state index in [2.05, 4.69) is 28.5 Å². The number of benzene rings is 2. The van der Waals surface area contributed by atoms with E-state index in [4.69, 9.17) is 4.74 Å². The largest absolute Gasteiger partial charge is 0.374 e. The maximum Gasteiger partial charge on any atom is 0.220 e. The molecule has 2 N–H and O–H groups in total. The molecular weight excluding hydrogens is 336 g/mol. The fraction of sp³-hybridized carbons (Fsp3) is 0.348. The summed E-state index contributed by atoms with van der Waals surface area (Å²) in [7, 11) is 0. The summed E-state index contributed by atoms with van der Waals surface area (Å²) >= 11 is 0. The van der Waals surface area contributed by atoms with Gasteiger partial charge in [-0.15, -0.1) is 0 Å². The lowest BCUT2D eigenvalue weighted by molar-refractivity contribution is -0.121. The number of H-pyrrole nitrogens is 1. The first-order chi connectivity index (χ1) is 13.1. The molecule has 0 unspecified atom stereocenters. The fourth-order valence-corrected chi connectivity index (χ4v) is 3.19. The van der Waals surface area contributed by atoms with Crippen molar-refractivity contribution in [2.75, 3.05) is 0 Å². The Kier molecular flexibility index (Phi) is 6.66. The Bertz CT molecular complexity index is 883. The first-order valence-corrected chi connectivity index (χ1v) is 9.63. The van der Waals surface area contributed by atoms with Gasteiger partial charge in [0.05, 0.1) is 12.7 Å². The summed E-state index contributed by atoms with van der Waals surface area (Å²) in [6, 6.07) is 16.4. The molecule has 0 saturated carbocycles. The van der Waals surface area contributed by atoms with Crippen LogP contribution in [0.5, 0.6) is 0 Å². The van der Waals surface area contributed by atoms with Crippen LogP contribution in [0.2, 0.25) is 0 Å². The van der Waals surface area contributed by atoms with Gasteiger partial charge in [0, 0.05) is 30.1 Å². The molecule has 27 heavy (non-hydrogen) atoms. The van der Waals surface area contributed by atoms with E-state index >= 15 is 0 Å². The maximum atomic E-state index is 12.2. The minimum absolute atomic E-state index is 0.0921. The number of aromatic nitrogens is 1. The number of amides is 1. The zero-order chi connectivity index (χ0) is 19.1. The summed E-state index contributed by atoms with van der Waals surface area (Å²) in [5.74, 6) is 0.0921. The number of rotatable bonds is 9. The van der Waals surface area contributed by atoms with Crippen LogP contribution >= 0.6 is 0 Å². The predicted octanol–water partition coefficient (Wildman–Crippen LogP) is 4.73. The number of ether oxygens (including phenoxy) is 1. The number of aryl methyl sites for hydroxylation is 1. The van der Waals surface area contributed by atoms with Gasteiger partial charge in [0.25, 0.3) is 0 Å². The van der Waals surface area contributed by atoms with Gasteiger partial charge in [-0.25, -0.2) is 0 Å². The lowest BCUT2D eigenvalue weighted by Gasteiger charge is -2.13. The summed E-state index contributed by atoms with van der Waals surface area (Å²) < 4.78 is 5.70. The summed E-state index contributed by atoms with van der Waals surface area (Å²) in [5.41, 5.74) is 4.67. The van der Waals surface area contributed by atoms with E-state index in [0.29, 0.717) is 19.6 Å². The SMILES string of the molecule is CC(C)OCc1ccccc1CNC(=O)CCCc1c[nH]c2ccccc12. The van der Waals surface area contributed by atoms with E-state index in [1.54, 1.807) is 0 Å². The molecule has 0 aliphatic carbocycles. The van der Waals surface area contributed by atoms with Gasteiger partial charge in [-0.1, -0.05) is 42.5 Å². The molecule has 4 nitrogen and oxygen atoms in total. The molecule has 3 rings (SSSR count). The normalized spacial score (nSPS) is 11.2. The Hall–Kier alpha value is -2.59. The average molecular weight is 364 g/mol. The number of nitrogens with one attached hydrogen (secondary N) is 2. The van der Waals surface area contributed by atoms with Crippen molar-refractivity contribution in [1.82, 2.24) is 10.3 Å². The summed E-state index contributed by atoms with van der Waals surface area (Å²) in [5, 5.41) is 4.29. The molecule has 1 heterocycles. The molecule has 3 aromatic rings. The van der Waals surface area contributed by atoms with Gasteiger partial charge in [0.15, 0.2) is 0 Å². The van der Waals surface area contributed by atoms with Crippen LogP contribution in [0, 0.1) is 0 Å². The molecule has 0 saturated heterocycles. The Balaban J connectivity index is 1.46. The number of hydrogen-bond acceptors (Lipinski definition) is 2. The molecular formula is C23H28N2O2.